The highest BCUT2D eigenvalue weighted by molar-refractivity contribution is 7.86. The van der Waals surface area contributed by atoms with Crippen molar-refractivity contribution in [2.24, 2.45) is 11.8 Å². The Morgan fingerprint density at radius 1 is 1.00 bits per heavy atom. The Hall–Kier alpha value is 0.730. The minimum Gasteiger partial charge on any atom is -0.259 e. The SMILES string of the molecule is O=S1C(CCl)C2CCCCC2C1CCl. The van der Waals surface area contributed by atoms with Gasteiger partial charge >= 0.3 is 0 Å². The molecule has 2 fully saturated rings. The van der Waals surface area contributed by atoms with E-state index in [9.17, 15) is 4.21 Å². The first-order valence-corrected chi connectivity index (χ1v) is 7.65. The van der Waals surface area contributed by atoms with Crippen molar-refractivity contribution < 1.29 is 4.21 Å². The average Bonchev–Trinajstić information content (AvgIpc) is 2.49. The van der Waals surface area contributed by atoms with Crippen molar-refractivity contribution in [1.82, 2.24) is 0 Å². The van der Waals surface area contributed by atoms with Gasteiger partial charge in [0, 0.05) is 22.6 Å². The zero-order valence-electron chi connectivity index (χ0n) is 8.12. The van der Waals surface area contributed by atoms with Crippen LogP contribution in [0.5, 0.6) is 0 Å². The van der Waals surface area contributed by atoms with Crippen molar-refractivity contribution in [3.05, 3.63) is 0 Å². The third kappa shape index (κ3) is 1.74. The van der Waals surface area contributed by atoms with Crippen molar-refractivity contribution in [2.75, 3.05) is 11.8 Å². The molecule has 1 saturated heterocycles. The van der Waals surface area contributed by atoms with Gasteiger partial charge in [-0.15, -0.1) is 23.2 Å². The van der Waals surface area contributed by atoms with Crippen LogP contribution in [0.1, 0.15) is 25.7 Å². The summed E-state index contributed by atoms with van der Waals surface area (Å²) in [6, 6.07) is 0. The quantitative estimate of drug-likeness (QED) is 0.693. The maximum atomic E-state index is 12.1. The molecule has 2 rings (SSSR count). The first kappa shape index (κ1) is 11.2. The van der Waals surface area contributed by atoms with Crippen molar-refractivity contribution in [3.8, 4) is 0 Å². The normalized spacial score (nSPS) is 47.7. The summed E-state index contributed by atoms with van der Waals surface area (Å²) in [6.07, 6.45) is 4.98. The van der Waals surface area contributed by atoms with Crippen LogP contribution in [0.15, 0.2) is 0 Å². The molecular formula is C10H16Cl2OS. The summed E-state index contributed by atoms with van der Waals surface area (Å²) in [5.41, 5.74) is 0. The molecule has 0 aromatic heterocycles. The lowest BCUT2D eigenvalue weighted by atomic mass is 9.76. The Bertz CT molecular complexity index is 212. The Morgan fingerprint density at radius 2 is 1.43 bits per heavy atom. The fourth-order valence-electron chi connectivity index (χ4n) is 3.03. The zero-order chi connectivity index (χ0) is 10.1. The number of hydrogen-bond acceptors (Lipinski definition) is 1. The van der Waals surface area contributed by atoms with Gasteiger partial charge in [0.2, 0.25) is 0 Å². The zero-order valence-corrected chi connectivity index (χ0v) is 10.5. The van der Waals surface area contributed by atoms with Crippen LogP contribution in [0, 0.1) is 11.8 Å². The van der Waals surface area contributed by atoms with Crippen LogP contribution in [0.2, 0.25) is 0 Å². The van der Waals surface area contributed by atoms with Gasteiger partial charge in [-0.2, -0.15) is 0 Å². The predicted molar refractivity (Wildman–Crippen MR) is 62.6 cm³/mol. The number of halogens is 2. The first-order valence-electron chi connectivity index (χ1n) is 5.31. The Kier molecular flexibility index (Phi) is 3.78. The van der Waals surface area contributed by atoms with Crippen molar-refractivity contribution in [3.63, 3.8) is 0 Å². The molecule has 1 saturated carbocycles. The van der Waals surface area contributed by atoms with Crippen molar-refractivity contribution in [2.45, 2.75) is 36.2 Å². The molecule has 1 aliphatic heterocycles. The minimum absolute atomic E-state index is 0.214. The molecule has 0 aromatic rings. The molecule has 1 heterocycles. The van der Waals surface area contributed by atoms with Gasteiger partial charge in [-0.1, -0.05) is 12.8 Å². The van der Waals surface area contributed by atoms with Gasteiger partial charge < -0.3 is 0 Å². The molecule has 4 heteroatoms. The first-order chi connectivity index (χ1) is 6.79. The molecule has 0 aromatic carbocycles. The molecule has 0 bridgehead atoms. The lowest BCUT2D eigenvalue weighted by Gasteiger charge is -2.28. The highest BCUT2D eigenvalue weighted by Gasteiger charge is 2.48. The summed E-state index contributed by atoms with van der Waals surface area (Å²) in [7, 11) is -0.782. The fraction of sp³-hybridized carbons (Fsp3) is 1.00. The average molecular weight is 255 g/mol. The van der Waals surface area contributed by atoms with Crippen LogP contribution in [-0.2, 0) is 10.8 Å². The van der Waals surface area contributed by atoms with Gasteiger partial charge in [0.25, 0.3) is 0 Å². The largest absolute Gasteiger partial charge is 0.259 e. The van der Waals surface area contributed by atoms with Gasteiger partial charge in [0.15, 0.2) is 0 Å². The molecule has 2 aliphatic rings. The van der Waals surface area contributed by atoms with Crippen LogP contribution in [0.4, 0.5) is 0 Å². The molecule has 0 spiro atoms. The van der Waals surface area contributed by atoms with Gasteiger partial charge in [-0.05, 0) is 24.7 Å². The summed E-state index contributed by atoms with van der Waals surface area (Å²) in [4.78, 5) is 0. The van der Waals surface area contributed by atoms with Gasteiger partial charge in [-0.3, -0.25) is 4.21 Å². The Balaban J connectivity index is 2.19. The standard InChI is InChI=1S/C10H16Cl2OS/c11-5-9-7-3-1-2-4-8(7)10(6-12)14(9)13/h7-10H,1-6H2. The fourth-order valence-corrected chi connectivity index (χ4v) is 6.30. The van der Waals surface area contributed by atoms with Crippen molar-refractivity contribution in [1.29, 1.82) is 0 Å². The topological polar surface area (TPSA) is 17.1 Å². The van der Waals surface area contributed by atoms with Crippen LogP contribution in [0.25, 0.3) is 0 Å². The summed E-state index contributed by atoms with van der Waals surface area (Å²) in [6.45, 7) is 0. The number of fused-ring (bicyclic) bond motifs is 1. The molecule has 4 atom stereocenters. The van der Waals surface area contributed by atoms with E-state index in [1.54, 1.807) is 0 Å². The molecular weight excluding hydrogens is 239 g/mol. The van der Waals surface area contributed by atoms with E-state index in [1.165, 1.54) is 25.7 Å². The molecule has 1 nitrogen and oxygen atoms in total. The van der Waals surface area contributed by atoms with Crippen LogP contribution in [-0.4, -0.2) is 26.5 Å². The van der Waals surface area contributed by atoms with Crippen LogP contribution < -0.4 is 0 Å². The Labute approximate surface area is 98.0 Å². The van der Waals surface area contributed by atoms with E-state index in [-0.39, 0.29) is 10.5 Å². The maximum absolute atomic E-state index is 12.1. The highest BCUT2D eigenvalue weighted by atomic mass is 35.5. The molecule has 14 heavy (non-hydrogen) atoms. The van der Waals surface area contributed by atoms with Gasteiger partial charge in [0.05, 0.1) is 10.5 Å². The van der Waals surface area contributed by atoms with E-state index in [0.717, 1.165) is 0 Å². The smallest absolute Gasteiger partial charge is 0.0517 e. The molecule has 0 radical (unpaired) electrons. The van der Waals surface area contributed by atoms with E-state index < -0.39 is 10.8 Å². The summed E-state index contributed by atoms with van der Waals surface area (Å²) in [5.74, 6) is 2.26. The molecule has 82 valence electrons. The monoisotopic (exact) mass is 254 g/mol. The van der Waals surface area contributed by atoms with Crippen LogP contribution in [0.3, 0.4) is 0 Å². The molecule has 0 N–H and O–H groups in total. The second kappa shape index (κ2) is 4.71. The third-order valence-corrected chi connectivity index (χ3v) is 6.99. The summed E-state index contributed by atoms with van der Waals surface area (Å²) in [5, 5.41) is 0.427. The highest BCUT2D eigenvalue weighted by Crippen LogP contribution is 2.45. The minimum atomic E-state index is -0.782. The van der Waals surface area contributed by atoms with E-state index in [0.29, 0.717) is 23.6 Å². The Morgan fingerprint density at radius 3 is 1.79 bits per heavy atom. The van der Waals surface area contributed by atoms with Gasteiger partial charge in [-0.25, -0.2) is 0 Å². The predicted octanol–water partition coefficient (Wildman–Crippen LogP) is 2.77. The molecule has 0 amide bonds. The lowest BCUT2D eigenvalue weighted by Crippen LogP contribution is -2.26. The van der Waals surface area contributed by atoms with Crippen molar-refractivity contribution >= 4 is 34.0 Å². The molecule has 1 aliphatic carbocycles. The summed E-state index contributed by atoms with van der Waals surface area (Å²) >= 11 is 11.8. The maximum Gasteiger partial charge on any atom is 0.0517 e. The van der Waals surface area contributed by atoms with Crippen LogP contribution >= 0.6 is 23.2 Å². The number of alkyl halides is 2. The number of hydrogen-bond donors (Lipinski definition) is 0. The number of rotatable bonds is 2. The third-order valence-electron chi connectivity index (χ3n) is 3.73. The second-order valence-corrected chi connectivity index (χ2v) is 6.81. The lowest BCUT2D eigenvalue weighted by molar-refractivity contribution is 0.255. The van der Waals surface area contributed by atoms with E-state index in [1.807, 2.05) is 0 Å². The second-order valence-electron chi connectivity index (χ2n) is 4.33. The summed E-state index contributed by atoms with van der Waals surface area (Å²) < 4.78 is 12.1. The van der Waals surface area contributed by atoms with E-state index in [4.69, 9.17) is 23.2 Å². The van der Waals surface area contributed by atoms with Gasteiger partial charge in [0.1, 0.15) is 0 Å². The van der Waals surface area contributed by atoms with E-state index in [2.05, 4.69) is 0 Å². The molecule has 4 unspecified atom stereocenters. The van der Waals surface area contributed by atoms with E-state index >= 15 is 0 Å².